The van der Waals surface area contributed by atoms with Crippen LogP contribution in [0.2, 0.25) is 0 Å². The first-order valence-corrected chi connectivity index (χ1v) is 9.07. The maximum absolute atomic E-state index is 13.6. The number of ether oxygens (including phenoxy) is 1. The molecule has 3 aromatic carbocycles. The minimum atomic E-state index is -1.01. The molecule has 0 amide bonds. The molecule has 0 fully saturated rings. The normalized spacial score (nSPS) is 10.4. The van der Waals surface area contributed by atoms with Crippen LogP contribution in [0.25, 0.3) is 0 Å². The molecule has 0 aliphatic rings. The Morgan fingerprint density at radius 3 is 2.45 bits per heavy atom. The van der Waals surface area contributed by atoms with Crippen molar-refractivity contribution in [1.82, 2.24) is 0 Å². The summed E-state index contributed by atoms with van der Waals surface area (Å²) in [6, 6.07) is 15.2. The van der Waals surface area contributed by atoms with Crippen molar-refractivity contribution in [3.05, 3.63) is 105 Å². The molecule has 0 bridgehead atoms. The highest BCUT2D eigenvalue weighted by Gasteiger charge is 2.20. The van der Waals surface area contributed by atoms with Gasteiger partial charge in [0.1, 0.15) is 17.3 Å². The highest BCUT2D eigenvalue weighted by Crippen LogP contribution is 2.26. The molecule has 0 heterocycles. The van der Waals surface area contributed by atoms with Gasteiger partial charge in [-0.2, -0.15) is 0 Å². The van der Waals surface area contributed by atoms with Crippen molar-refractivity contribution in [3.63, 3.8) is 0 Å². The lowest BCUT2D eigenvalue weighted by atomic mass is 10.1. The molecule has 0 aliphatic carbocycles. The molecule has 0 radical (unpaired) electrons. The van der Waals surface area contributed by atoms with Gasteiger partial charge in [-0.25, -0.2) is 13.6 Å². The van der Waals surface area contributed by atoms with E-state index in [0.29, 0.717) is 12.6 Å². The monoisotopic (exact) mass is 426 g/mol. The second-order valence-corrected chi connectivity index (χ2v) is 6.45. The summed E-state index contributed by atoms with van der Waals surface area (Å²) in [6.07, 6.45) is 0. The van der Waals surface area contributed by atoms with Crippen LogP contribution in [0.5, 0.6) is 0 Å². The highest BCUT2D eigenvalue weighted by atomic mass is 19.1. The van der Waals surface area contributed by atoms with Crippen molar-refractivity contribution in [2.75, 3.05) is 11.9 Å². The summed E-state index contributed by atoms with van der Waals surface area (Å²) in [6.45, 7) is -0.514. The van der Waals surface area contributed by atoms with E-state index in [1.54, 1.807) is 0 Å². The maximum atomic E-state index is 13.6. The Hall–Kier alpha value is -4.14. The third kappa shape index (κ3) is 5.47. The third-order valence-corrected chi connectivity index (χ3v) is 4.32. The van der Waals surface area contributed by atoms with Gasteiger partial charge in [0.05, 0.1) is 16.1 Å². The van der Waals surface area contributed by atoms with E-state index < -0.39 is 40.5 Å². The number of hydrogen-bond donors (Lipinski definition) is 1. The largest absolute Gasteiger partial charge is 0.454 e. The van der Waals surface area contributed by atoms with Crippen molar-refractivity contribution in [2.45, 2.75) is 6.54 Å². The van der Waals surface area contributed by atoms with E-state index in [0.717, 1.165) is 23.8 Å². The van der Waals surface area contributed by atoms with E-state index in [2.05, 4.69) is 5.32 Å². The second-order valence-electron chi connectivity index (χ2n) is 6.45. The predicted octanol–water partition coefficient (Wildman–Crippen LogP) is 4.52. The predicted molar refractivity (Wildman–Crippen MR) is 108 cm³/mol. The van der Waals surface area contributed by atoms with E-state index >= 15 is 0 Å². The molecule has 0 saturated heterocycles. The van der Waals surface area contributed by atoms with Crippen LogP contribution in [-0.4, -0.2) is 23.3 Å². The summed E-state index contributed by atoms with van der Waals surface area (Å²) < 4.78 is 31.7. The Morgan fingerprint density at radius 2 is 1.74 bits per heavy atom. The van der Waals surface area contributed by atoms with Gasteiger partial charge < -0.3 is 10.1 Å². The first-order chi connectivity index (χ1) is 14.8. The summed E-state index contributed by atoms with van der Waals surface area (Å²) in [4.78, 5) is 35.0. The zero-order valence-corrected chi connectivity index (χ0v) is 16.0. The first-order valence-electron chi connectivity index (χ1n) is 9.07. The molecular formula is C22H16F2N2O5. The fourth-order valence-corrected chi connectivity index (χ4v) is 2.76. The fraction of sp³-hybridized carbons (Fsp3) is 0.0909. The lowest BCUT2D eigenvalue weighted by molar-refractivity contribution is -0.384. The molecule has 7 nitrogen and oxygen atoms in total. The minimum absolute atomic E-state index is 0.163. The number of halogens is 2. The van der Waals surface area contributed by atoms with Crippen LogP contribution >= 0.6 is 0 Å². The highest BCUT2D eigenvalue weighted by molar-refractivity contribution is 5.99. The lowest BCUT2D eigenvalue weighted by Crippen LogP contribution is -2.16. The molecule has 158 valence electrons. The van der Waals surface area contributed by atoms with E-state index in [1.165, 1.54) is 12.1 Å². The van der Waals surface area contributed by atoms with Crippen molar-refractivity contribution in [3.8, 4) is 0 Å². The number of nitro groups is 1. The number of carbonyl (C=O) groups excluding carboxylic acids is 2. The number of nitrogens with zero attached hydrogens (tertiary/aromatic N) is 1. The number of ketones is 1. The molecule has 0 aromatic heterocycles. The molecule has 0 saturated carbocycles. The van der Waals surface area contributed by atoms with Crippen LogP contribution in [0.3, 0.4) is 0 Å². The topological polar surface area (TPSA) is 98.5 Å². The van der Waals surface area contributed by atoms with E-state index in [4.69, 9.17) is 4.74 Å². The number of rotatable bonds is 8. The Labute approximate surface area is 175 Å². The molecule has 0 unspecified atom stereocenters. The SMILES string of the molecule is O=C(OCC(=O)c1cc(F)ccc1F)c1ccc(NCc2ccccc2)c([N+](=O)[O-])c1. The summed E-state index contributed by atoms with van der Waals surface area (Å²) in [5.41, 5.74) is 0.0308. The molecule has 0 atom stereocenters. The van der Waals surface area contributed by atoms with Crippen LogP contribution in [0.1, 0.15) is 26.3 Å². The molecule has 31 heavy (non-hydrogen) atoms. The molecule has 0 aliphatic heterocycles. The van der Waals surface area contributed by atoms with Crippen molar-refractivity contribution < 1.29 is 28.0 Å². The van der Waals surface area contributed by atoms with Gasteiger partial charge in [-0.3, -0.25) is 14.9 Å². The summed E-state index contributed by atoms with van der Waals surface area (Å²) in [7, 11) is 0. The Balaban J connectivity index is 1.69. The quantitative estimate of drug-likeness (QED) is 0.246. The molecular weight excluding hydrogens is 410 g/mol. The number of hydrogen-bond acceptors (Lipinski definition) is 6. The number of anilines is 1. The summed E-state index contributed by atoms with van der Waals surface area (Å²) in [5, 5.41) is 14.3. The minimum Gasteiger partial charge on any atom is -0.454 e. The maximum Gasteiger partial charge on any atom is 0.338 e. The van der Waals surface area contributed by atoms with Gasteiger partial charge in [-0.15, -0.1) is 0 Å². The van der Waals surface area contributed by atoms with Crippen LogP contribution in [0.4, 0.5) is 20.2 Å². The van der Waals surface area contributed by atoms with E-state index in [1.807, 2.05) is 30.3 Å². The second kappa shape index (κ2) is 9.57. The average molecular weight is 426 g/mol. The average Bonchev–Trinajstić information content (AvgIpc) is 2.78. The smallest absolute Gasteiger partial charge is 0.338 e. The zero-order chi connectivity index (χ0) is 22.4. The van der Waals surface area contributed by atoms with Gasteiger partial charge in [-0.05, 0) is 35.9 Å². The van der Waals surface area contributed by atoms with Crippen molar-refractivity contribution >= 4 is 23.1 Å². The number of Topliss-reactive ketones (excluding diaryl/α,β-unsaturated/α-hetero) is 1. The van der Waals surface area contributed by atoms with Crippen molar-refractivity contribution in [2.24, 2.45) is 0 Å². The zero-order valence-electron chi connectivity index (χ0n) is 16.0. The van der Waals surface area contributed by atoms with Gasteiger partial charge in [0.25, 0.3) is 5.69 Å². The molecule has 0 spiro atoms. The Bertz CT molecular complexity index is 1140. The fourth-order valence-electron chi connectivity index (χ4n) is 2.76. The standard InChI is InChI=1S/C22H16F2N2O5/c23-16-7-8-18(24)17(11-16)21(27)13-31-22(28)15-6-9-19(20(10-15)26(29)30)25-12-14-4-2-1-3-5-14/h1-11,25H,12-13H2. The molecule has 3 aromatic rings. The van der Waals surface area contributed by atoms with Crippen LogP contribution in [0, 0.1) is 21.7 Å². The van der Waals surface area contributed by atoms with E-state index in [9.17, 15) is 28.5 Å². The molecule has 3 rings (SSSR count). The summed E-state index contributed by atoms with van der Waals surface area (Å²) >= 11 is 0. The summed E-state index contributed by atoms with van der Waals surface area (Å²) in [5.74, 6) is -3.72. The number of nitro benzene ring substituents is 1. The molecule has 9 heteroatoms. The molecule has 1 N–H and O–H groups in total. The number of nitrogens with one attached hydrogen (secondary N) is 1. The third-order valence-electron chi connectivity index (χ3n) is 4.32. The first kappa shape index (κ1) is 21.6. The number of esters is 1. The lowest BCUT2D eigenvalue weighted by Gasteiger charge is -2.09. The van der Waals surface area contributed by atoms with Gasteiger partial charge >= 0.3 is 5.97 Å². The van der Waals surface area contributed by atoms with Gasteiger partial charge in [-0.1, -0.05) is 30.3 Å². The number of benzene rings is 3. The Morgan fingerprint density at radius 1 is 1.00 bits per heavy atom. The number of carbonyl (C=O) groups is 2. The van der Waals surface area contributed by atoms with Crippen molar-refractivity contribution in [1.29, 1.82) is 0 Å². The van der Waals surface area contributed by atoms with Crippen LogP contribution in [0.15, 0.2) is 66.7 Å². The van der Waals surface area contributed by atoms with Crippen LogP contribution < -0.4 is 5.32 Å². The van der Waals surface area contributed by atoms with Gasteiger partial charge in [0.15, 0.2) is 6.61 Å². The van der Waals surface area contributed by atoms with Gasteiger partial charge in [0.2, 0.25) is 5.78 Å². The Kier molecular flexibility index (Phi) is 6.66. The van der Waals surface area contributed by atoms with E-state index in [-0.39, 0.29) is 16.9 Å². The van der Waals surface area contributed by atoms with Gasteiger partial charge in [0, 0.05) is 12.6 Å². The van der Waals surface area contributed by atoms with Crippen LogP contribution in [-0.2, 0) is 11.3 Å².